The first kappa shape index (κ1) is 16.5. The molecule has 1 saturated heterocycles. The molecule has 1 fully saturated rings. The van der Waals surface area contributed by atoms with Crippen molar-refractivity contribution in [2.24, 2.45) is 0 Å². The molecule has 23 heavy (non-hydrogen) atoms. The molecule has 1 radical (unpaired) electrons. The van der Waals surface area contributed by atoms with Crippen molar-refractivity contribution < 1.29 is 13.5 Å². The van der Waals surface area contributed by atoms with Gasteiger partial charge in [-0.3, -0.25) is 0 Å². The van der Waals surface area contributed by atoms with Crippen LogP contribution in [-0.4, -0.2) is 14.7 Å². The largest absolute Gasteiger partial charge is 0.435 e. The topological polar surface area (TPSA) is 9.23 Å². The summed E-state index contributed by atoms with van der Waals surface area (Å²) in [7, 11) is -0.717. The van der Waals surface area contributed by atoms with Crippen LogP contribution >= 0.6 is 11.1 Å². The Morgan fingerprint density at radius 2 is 1.74 bits per heavy atom. The van der Waals surface area contributed by atoms with Gasteiger partial charge in [0, 0.05) is 0 Å². The third-order valence-electron chi connectivity index (χ3n) is 4.30. The number of hydrogen-bond acceptors (Lipinski definition) is 1. The van der Waals surface area contributed by atoms with Crippen LogP contribution in [0.15, 0.2) is 48.5 Å². The van der Waals surface area contributed by atoms with Crippen molar-refractivity contribution in [3.8, 4) is 16.9 Å². The van der Waals surface area contributed by atoms with E-state index in [0.717, 1.165) is 41.6 Å². The second kappa shape index (κ2) is 7.45. The van der Waals surface area contributed by atoms with Crippen molar-refractivity contribution in [2.45, 2.75) is 37.5 Å². The average molecular weight is 352 g/mol. The van der Waals surface area contributed by atoms with E-state index in [1.165, 1.54) is 0 Å². The van der Waals surface area contributed by atoms with Crippen molar-refractivity contribution in [3.63, 3.8) is 0 Å². The SMILES string of the molecule is FC(F)Oc1ccc(-c2ccccc2)c(C2CC[Si](Cl)CC2)c1. The Hall–Kier alpha value is -1.39. The Balaban J connectivity index is 1.98. The van der Waals surface area contributed by atoms with Gasteiger partial charge >= 0.3 is 6.61 Å². The van der Waals surface area contributed by atoms with Crippen LogP contribution in [0, 0.1) is 0 Å². The summed E-state index contributed by atoms with van der Waals surface area (Å²) in [5.74, 6) is 0.593. The molecule has 0 spiro atoms. The smallest absolute Gasteiger partial charge is 0.387 e. The molecule has 0 amide bonds. The van der Waals surface area contributed by atoms with E-state index in [1.54, 1.807) is 12.1 Å². The molecule has 2 aromatic carbocycles. The van der Waals surface area contributed by atoms with E-state index in [9.17, 15) is 8.78 Å². The fraction of sp³-hybridized carbons (Fsp3) is 0.333. The van der Waals surface area contributed by atoms with Crippen molar-refractivity contribution in [3.05, 3.63) is 54.1 Å². The maximum Gasteiger partial charge on any atom is 0.387 e. The summed E-state index contributed by atoms with van der Waals surface area (Å²) in [4.78, 5) is 0. The van der Waals surface area contributed by atoms with Gasteiger partial charge in [0.05, 0.1) is 0 Å². The minimum Gasteiger partial charge on any atom is -0.435 e. The number of ether oxygens (including phenoxy) is 1. The number of rotatable bonds is 4. The van der Waals surface area contributed by atoms with Gasteiger partial charge in [0.1, 0.15) is 5.75 Å². The Bertz CT molecular complexity index is 643. The van der Waals surface area contributed by atoms with E-state index in [1.807, 2.05) is 36.4 Å². The summed E-state index contributed by atoms with van der Waals surface area (Å²) in [5, 5.41) is 0. The summed E-state index contributed by atoms with van der Waals surface area (Å²) in [6.45, 7) is -2.80. The molecule has 0 N–H and O–H groups in total. The molecule has 0 aromatic heterocycles. The van der Waals surface area contributed by atoms with Gasteiger partial charge in [0.2, 0.25) is 0 Å². The molecular weight excluding hydrogens is 334 g/mol. The van der Waals surface area contributed by atoms with Gasteiger partial charge in [-0.15, -0.1) is 0 Å². The monoisotopic (exact) mass is 351 g/mol. The van der Waals surface area contributed by atoms with E-state index >= 15 is 0 Å². The first-order valence-electron chi connectivity index (χ1n) is 7.78. The number of halogens is 3. The molecule has 2 aromatic rings. The van der Waals surface area contributed by atoms with Crippen molar-refractivity contribution in [1.29, 1.82) is 0 Å². The fourth-order valence-electron chi connectivity index (χ4n) is 3.18. The van der Waals surface area contributed by atoms with Gasteiger partial charge in [-0.2, -0.15) is 19.9 Å². The maximum atomic E-state index is 12.5. The lowest BCUT2D eigenvalue weighted by Gasteiger charge is -2.26. The molecule has 0 atom stereocenters. The van der Waals surface area contributed by atoms with Gasteiger partial charge in [-0.1, -0.05) is 36.4 Å². The molecule has 0 bridgehead atoms. The Morgan fingerprint density at radius 1 is 1.04 bits per heavy atom. The van der Waals surface area contributed by atoms with Crippen molar-refractivity contribution in [1.82, 2.24) is 0 Å². The second-order valence-corrected chi connectivity index (χ2v) is 9.42. The summed E-state index contributed by atoms with van der Waals surface area (Å²) in [5.41, 5.74) is 3.30. The quantitative estimate of drug-likeness (QED) is 0.480. The number of alkyl halides is 2. The standard InChI is InChI=1S/C18H18ClF2OSi/c19-23-10-8-14(9-11-23)17-12-15(22-18(20)21)6-7-16(17)13-4-2-1-3-5-13/h1-7,12,14,18H,8-11H2. The first-order chi connectivity index (χ1) is 11.1. The molecule has 5 heteroatoms. The highest BCUT2D eigenvalue weighted by atomic mass is 35.6. The van der Waals surface area contributed by atoms with Crippen LogP contribution in [0.4, 0.5) is 8.78 Å². The third-order valence-corrected chi connectivity index (χ3v) is 7.10. The van der Waals surface area contributed by atoms with Crippen molar-refractivity contribution in [2.75, 3.05) is 0 Å². The zero-order valence-electron chi connectivity index (χ0n) is 12.6. The zero-order chi connectivity index (χ0) is 16.2. The van der Waals surface area contributed by atoms with Crippen LogP contribution in [0.5, 0.6) is 5.75 Å². The zero-order valence-corrected chi connectivity index (χ0v) is 14.4. The lowest BCUT2D eigenvalue weighted by Crippen LogP contribution is -2.16. The minimum absolute atomic E-state index is 0.233. The summed E-state index contributed by atoms with van der Waals surface area (Å²) >= 11 is 6.30. The van der Waals surface area contributed by atoms with E-state index in [2.05, 4.69) is 4.74 Å². The average Bonchev–Trinajstić information content (AvgIpc) is 2.56. The Labute approximate surface area is 141 Å². The van der Waals surface area contributed by atoms with Crippen LogP contribution in [0.3, 0.4) is 0 Å². The number of hydrogen-bond donors (Lipinski definition) is 0. The Kier molecular flexibility index (Phi) is 5.33. The van der Waals surface area contributed by atoms with Crippen LogP contribution in [0.1, 0.15) is 24.3 Å². The Morgan fingerprint density at radius 3 is 2.39 bits per heavy atom. The number of benzene rings is 2. The van der Waals surface area contributed by atoms with Crippen LogP contribution in [0.2, 0.25) is 12.1 Å². The molecule has 3 rings (SSSR count). The summed E-state index contributed by atoms with van der Waals surface area (Å²) < 4.78 is 29.7. The highest BCUT2D eigenvalue weighted by molar-refractivity contribution is 7.07. The predicted molar refractivity (Wildman–Crippen MR) is 91.7 cm³/mol. The van der Waals surface area contributed by atoms with E-state index in [-0.39, 0.29) is 5.75 Å². The van der Waals surface area contributed by atoms with Crippen LogP contribution in [0.25, 0.3) is 11.1 Å². The molecule has 0 aliphatic carbocycles. The predicted octanol–water partition coefficient (Wildman–Crippen LogP) is 6.06. The molecule has 0 unspecified atom stereocenters. The van der Waals surface area contributed by atoms with Gasteiger partial charge in [-0.05, 0) is 59.7 Å². The highest BCUT2D eigenvalue weighted by Crippen LogP contribution is 2.41. The first-order valence-corrected chi connectivity index (χ1v) is 10.7. The highest BCUT2D eigenvalue weighted by Gasteiger charge is 2.25. The lowest BCUT2D eigenvalue weighted by atomic mass is 9.87. The van der Waals surface area contributed by atoms with Crippen molar-refractivity contribution >= 4 is 19.2 Å². The van der Waals surface area contributed by atoms with Crippen LogP contribution in [-0.2, 0) is 0 Å². The molecule has 1 heterocycles. The molecule has 0 saturated carbocycles. The third kappa shape index (κ3) is 4.12. The second-order valence-electron chi connectivity index (χ2n) is 5.79. The lowest BCUT2D eigenvalue weighted by molar-refractivity contribution is -0.0498. The maximum absolute atomic E-state index is 12.5. The van der Waals surface area contributed by atoms with E-state index < -0.39 is 14.7 Å². The van der Waals surface area contributed by atoms with Crippen LogP contribution < -0.4 is 4.74 Å². The molecule has 121 valence electrons. The molecular formula is C18H18ClF2OSi. The molecule has 1 aliphatic rings. The van der Waals surface area contributed by atoms with E-state index in [4.69, 9.17) is 11.1 Å². The van der Waals surface area contributed by atoms with E-state index in [0.29, 0.717) is 5.92 Å². The fourth-order valence-corrected chi connectivity index (χ4v) is 5.41. The molecule has 1 aliphatic heterocycles. The van der Waals surface area contributed by atoms with Gasteiger partial charge in [0.15, 0.2) is 8.11 Å². The summed E-state index contributed by atoms with van der Waals surface area (Å²) in [6, 6.07) is 17.5. The van der Waals surface area contributed by atoms with Gasteiger partial charge < -0.3 is 4.74 Å². The minimum atomic E-state index is -2.80. The van der Waals surface area contributed by atoms with Gasteiger partial charge in [0.25, 0.3) is 0 Å². The summed E-state index contributed by atoms with van der Waals surface area (Å²) in [6.07, 6.45) is 2.05. The molecule has 1 nitrogen and oxygen atoms in total. The normalized spacial score (nSPS) is 16.7. The van der Waals surface area contributed by atoms with Gasteiger partial charge in [-0.25, -0.2) is 0 Å².